The molecule has 2 fully saturated rings. The Balaban J connectivity index is 0.00000144. The van der Waals surface area contributed by atoms with E-state index >= 15 is 0 Å². The molecule has 17 heavy (non-hydrogen) atoms. The lowest BCUT2D eigenvalue weighted by Crippen LogP contribution is -2.43. The van der Waals surface area contributed by atoms with Crippen LogP contribution in [0, 0.1) is 11.8 Å². The van der Waals surface area contributed by atoms with Gasteiger partial charge in [0.05, 0.1) is 13.2 Å². The number of ether oxygens (including phenoxy) is 1. The highest BCUT2D eigenvalue weighted by Gasteiger charge is 2.39. The lowest BCUT2D eigenvalue weighted by molar-refractivity contribution is -0.121. The lowest BCUT2D eigenvalue weighted by atomic mass is 9.95. The first-order chi connectivity index (χ1) is 7.79. The molecule has 2 aliphatic carbocycles. The van der Waals surface area contributed by atoms with Crippen molar-refractivity contribution in [1.29, 1.82) is 0 Å². The Bertz CT molecular complexity index is 251. The van der Waals surface area contributed by atoms with E-state index in [0.717, 1.165) is 18.4 Å². The van der Waals surface area contributed by atoms with Crippen molar-refractivity contribution in [2.75, 3.05) is 26.8 Å². The van der Waals surface area contributed by atoms with Gasteiger partial charge in [-0.25, -0.2) is 0 Å². The Hall–Kier alpha value is -0.320. The fraction of sp³-hybridized carbons (Fsp3) is 0.917. The van der Waals surface area contributed by atoms with Gasteiger partial charge >= 0.3 is 0 Å². The fourth-order valence-corrected chi connectivity index (χ4v) is 3.06. The molecule has 2 aliphatic rings. The third kappa shape index (κ3) is 4.12. The van der Waals surface area contributed by atoms with Crippen LogP contribution < -0.4 is 10.6 Å². The zero-order chi connectivity index (χ0) is 11.4. The molecule has 0 saturated heterocycles. The maximum Gasteiger partial charge on any atom is 0.234 e. The Kier molecular flexibility index (Phi) is 6.23. The highest BCUT2D eigenvalue weighted by Crippen LogP contribution is 2.44. The summed E-state index contributed by atoms with van der Waals surface area (Å²) < 4.78 is 4.90. The minimum absolute atomic E-state index is 0. The van der Waals surface area contributed by atoms with Crippen LogP contribution in [0.25, 0.3) is 0 Å². The summed E-state index contributed by atoms with van der Waals surface area (Å²) in [5, 5.41) is 6.21. The lowest BCUT2D eigenvalue weighted by Gasteiger charge is -2.22. The molecule has 3 atom stereocenters. The van der Waals surface area contributed by atoms with Gasteiger partial charge in [0.2, 0.25) is 5.91 Å². The average molecular weight is 263 g/mol. The van der Waals surface area contributed by atoms with Crippen molar-refractivity contribution in [2.24, 2.45) is 11.8 Å². The number of hydrogen-bond acceptors (Lipinski definition) is 3. The van der Waals surface area contributed by atoms with Crippen LogP contribution in [0.5, 0.6) is 0 Å². The summed E-state index contributed by atoms with van der Waals surface area (Å²) in [5.74, 6) is 1.78. The molecule has 0 aromatic carbocycles. The van der Waals surface area contributed by atoms with Gasteiger partial charge in [-0.3, -0.25) is 4.79 Å². The number of fused-ring (bicyclic) bond motifs is 2. The molecule has 5 heteroatoms. The van der Waals surface area contributed by atoms with Gasteiger partial charge in [-0.05, 0) is 31.1 Å². The highest BCUT2D eigenvalue weighted by molar-refractivity contribution is 5.85. The molecule has 0 aromatic heterocycles. The molecule has 1 amide bonds. The first-order valence-electron chi connectivity index (χ1n) is 6.28. The predicted molar refractivity (Wildman–Crippen MR) is 69.4 cm³/mol. The van der Waals surface area contributed by atoms with Crippen LogP contribution in [0.4, 0.5) is 0 Å². The van der Waals surface area contributed by atoms with E-state index in [9.17, 15) is 4.79 Å². The molecule has 0 spiro atoms. The van der Waals surface area contributed by atoms with Crippen LogP contribution in [0.1, 0.15) is 25.7 Å². The van der Waals surface area contributed by atoms with Crippen molar-refractivity contribution >= 4 is 18.3 Å². The molecule has 0 heterocycles. The van der Waals surface area contributed by atoms with E-state index in [4.69, 9.17) is 4.74 Å². The number of halogens is 1. The molecule has 0 aliphatic heterocycles. The third-order valence-corrected chi connectivity index (χ3v) is 3.85. The molecule has 100 valence electrons. The number of hydrogen-bond donors (Lipinski definition) is 2. The van der Waals surface area contributed by atoms with E-state index in [0.29, 0.717) is 19.2 Å². The predicted octanol–water partition coefficient (Wildman–Crippen LogP) is 0.949. The van der Waals surface area contributed by atoms with Crippen LogP contribution in [0.3, 0.4) is 0 Å². The van der Waals surface area contributed by atoms with Gasteiger partial charge in [-0.1, -0.05) is 6.42 Å². The summed E-state index contributed by atoms with van der Waals surface area (Å²) in [7, 11) is 1.66. The highest BCUT2D eigenvalue weighted by atomic mass is 35.5. The normalized spacial score (nSPS) is 30.1. The first-order valence-corrected chi connectivity index (χ1v) is 6.28. The van der Waals surface area contributed by atoms with E-state index in [-0.39, 0.29) is 18.3 Å². The molecule has 0 radical (unpaired) electrons. The Morgan fingerprint density at radius 1 is 1.35 bits per heavy atom. The second-order valence-electron chi connectivity index (χ2n) is 5.02. The number of amides is 1. The largest absolute Gasteiger partial charge is 0.383 e. The van der Waals surface area contributed by atoms with Crippen molar-refractivity contribution in [1.82, 2.24) is 10.6 Å². The van der Waals surface area contributed by atoms with Gasteiger partial charge in [-0.15, -0.1) is 12.4 Å². The van der Waals surface area contributed by atoms with Gasteiger partial charge in [0.1, 0.15) is 0 Å². The van der Waals surface area contributed by atoms with E-state index in [1.165, 1.54) is 25.7 Å². The molecule has 3 unspecified atom stereocenters. The van der Waals surface area contributed by atoms with Crippen molar-refractivity contribution < 1.29 is 9.53 Å². The third-order valence-electron chi connectivity index (χ3n) is 3.85. The number of methoxy groups -OCH3 is 1. The number of carbonyl (C=O) groups excluding carboxylic acids is 1. The minimum Gasteiger partial charge on any atom is -0.383 e. The zero-order valence-corrected chi connectivity index (χ0v) is 11.2. The summed E-state index contributed by atoms with van der Waals surface area (Å²) in [5.41, 5.74) is 0. The average Bonchev–Trinajstić information content (AvgIpc) is 2.86. The molecule has 2 bridgehead atoms. The summed E-state index contributed by atoms with van der Waals surface area (Å²) >= 11 is 0. The van der Waals surface area contributed by atoms with Crippen LogP contribution in [0.15, 0.2) is 0 Å². The molecule has 2 saturated carbocycles. The van der Waals surface area contributed by atoms with Crippen LogP contribution in [-0.2, 0) is 9.53 Å². The SMILES string of the molecule is COCCNCC(=O)NC1CC2CCC1C2.Cl. The fourth-order valence-electron chi connectivity index (χ4n) is 3.06. The van der Waals surface area contributed by atoms with Crippen molar-refractivity contribution in [2.45, 2.75) is 31.7 Å². The Morgan fingerprint density at radius 2 is 2.18 bits per heavy atom. The van der Waals surface area contributed by atoms with E-state index in [1.807, 2.05) is 0 Å². The summed E-state index contributed by atoms with van der Waals surface area (Å²) in [6, 6.07) is 0.454. The van der Waals surface area contributed by atoms with E-state index < -0.39 is 0 Å². The molecule has 2 N–H and O–H groups in total. The molecular weight excluding hydrogens is 240 g/mol. The smallest absolute Gasteiger partial charge is 0.234 e. The first kappa shape index (κ1) is 14.7. The number of nitrogens with one attached hydrogen (secondary N) is 2. The molecular formula is C12H23ClN2O2. The quantitative estimate of drug-likeness (QED) is 0.701. The van der Waals surface area contributed by atoms with Gasteiger partial charge < -0.3 is 15.4 Å². The molecule has 2 rings (SSSR count). The van der Waals surface area contributed by atoms with E-state index in [1.54, 1.807) is 7.11 Å². The molecule has 4 nitrogen and oxygen atoms in total. The molecule has 0 aromatic rings. The van der Waals surface area contributed by atoms with Crippen LogP contribution >= 0.6 is 12.4 Å². The van der Waals surface area contributed by atoms with Gasteiger partial charge in [0.25, 0.3) is 0 Å². The zero-order valence-electron chi connectivity index (χ0n) is 10.4. The maximum absolute atomic E-state index is 11.6. The number of carbonyl (C=O) groups is 1. The Labute approximate surface area is 109 Å². The Morgan fingerprint density at radius 3 is 2.76 bits per heavy atom. The summed E-state index contributed by atoms with van der Waals surface area (Å²) in [4.78, 5) is 11.6. The minimum atomic E-state index is 0. The van der Waals surface area contributed by atoms with Gasteiger partial charge in [0.15, 0.2) is 0 Å². The maximum atomic E-state index is 11.6. The van der Waals surface area contributed by atoms with Crippen molar-refractivity contribution in [3.63, 3.8) is 0 Å². The second-order valence-corrected chi connectivity index (χ2v) is 5.02. The van der Waals surface area contributed by atoms with Crippen molar-refractivity contribution in [3.05, 3.63) is 0 Å². The van der Waals surface area contributed by atoms with Crippen LogP contribution in [0.2, 0.25) is 0 Å². The van der Waals surface area contributed by atoms with Crippen LogP contribution in [-0.4, -0.2) is 38.8 Å². The topological polar surface area (TPSA) is 50.4 Å². The van der Waals surface area contributed by atoms with Gasteiger partial charge in [-0.2, -0.15) is 0 Å². The van der Waals surface area contributed by atoms with E-state index in [2.05, 4.69) is 10.6 Å². The monoisotopic (exact) mass is 262 g/mol. The van der Waals surface area contributed by atoms with Crippen molar-refractivity contribution in [3.8, 4) is 0 Å². The summed E-state index contributed by atoms with van der Waals surface area (Å²) in [6.45, 7) is 1.80. The summed E-state index contributed by atoms with van der Waals surface area (Å²) in [6.07, 6.45) is 5.23. The standard InChI is InChI=1S/C12H22N2O2.ClH/c1-16-5-4-13-8-12(15)14-11-7-9-2-3-10(11)6-9;/h9-11,13H,2-8H2,1H3,(H,14,15);1H. The second kappa shape index (κ2) is 7.19. The number of rotatable bonds is 6. The van der Waals surface area contributed by atoms with Gasteiger partial charge in [0, 0.05) is 19.7 Å².